The van der Waals surface area contributed by atoms with Crippen molar-refractivity contribution in [3.8, 4) is 0 Å². The van der Waals surface area contributed by atoms with Crippen LogP contribution in [0.4, 0.5) is 8.78 Å². The van der Waals surface area contributed by atoms with E-state index in [9.17, 15) is 8.78 Å². The molecule has 0 saturated heterocycles. The van der Waals surface area contributed by atoms with E-state index in [-0.39, 0.29) is 0 Å². The van der Waals surface area contributed by atoms with Crippen LogP contribution in [0.3, 0.4) is 0 Å². The summed E-state index contributed by atoms with van der Waals surface area (Å²) >= 11 is 0. The second-order valence-electron chi connectivity index (χ2n) is 7.43. The van der Waals surface area contributed by atoms with Gasteiger partial charge in [0.25, 0.3) is 6.08 Å². The van der Waals surface area contributed by atoms with Crippen molar-refractivity contribution in [2.24, 2.45) is 23.7 Å². The lowest BCUT2D eigenvalue weighted by atomic mass is 9.68. The van der Waals surface area contributed by atoms with Gasteiger partial charge in [-0.15, -0.1) is 0 Å². The Labute approximate surface area is 129 Å². The lowest BCUT2D eigenvalue weighted by Crippen LogP contribution is -2.25. The maximum absolute atomic E-state index is 12.1. The summed E-state index contributed by atoms with van der Waals surface area (Å²) in [6, 6.07) is 0. The molecule has 0 aromatic heterocycles. The van der Waals surface area contributed by atoms with Crippen molar-refractivity contribution >= 4 is 0 Å². The smallest absolute Gasteiger partial charge is 0.174 e. The van der Waals surface area contributed by atoms with Crippen LogP contribution in [0.5, 0.6) is 0 Å². The van der Waals surface area contributed by atoms with Gasteiger partial charge in [-0.25, -0.2) is 0 Å². The molecular weight excluding hydrogens is 266 g/mol. The summed E-state index contributed by atoms with van der Waals surface area (Å²) < 4.78 is 24.3. The van der Waals surface area contributed by atoms with Gasteiger partial charge in [0.2, 0.25) is 0 Å². The quantitative estimate of drug-likeness (QED) is 0.497. The van der Waals surface area contributed by atoms with Crippen LogP contribution in [0.1, 0.15) is 84.0 Å². The van der Waals surface area contributed by atoms with Gasteiger partial charge >= 0.3 is 0 Å². The Hall–Kier alpha value is -0.400. The average molecular weight is 298 g/mol. The molecule has 0 spiro atoms. The molecule has 0 aliphatic heterocycles. The first kappa shape index (κ1) is 17.0. The average Bonchev–Trinajstić information content (AvgIpc) is 2.52. The van der Waals surface area contributed by atoms with Crippen molar-refractivity contribution in [2.45, 2.75) is 84.0 Å². The molecule has 0 amide bonds. The highest BCUT2D eigenvalue weighted by Crippen LogP contribution is 2.42. The van der Waals surface area contributed by atoms with Gasteiger partial charge < -0.3 is 0 Å². The van der Waals surface area contributed by atoms with Gasteiger partial charge in [0.05, 0.1) is 0 Å². The zero-order valence-corrected chi connectivity index (χ0v) is 13.6. The van der Waals surface area contributed by atoms with Gasteiger partial charge in [0.15, 0.2) is 0 Å². The molecule has 0 atom stereocenters. The number of hydrogen-bond donors (Lipinski definition) is 0. The first-order valence-corrected chi connectivity index (χ1v) is 9.20. The summed E-state index contributed by atoms with van der Waals surface area (Å²) in [4.78, 5) is 0. The summed E-state index contributed by atoms with van der Waals surface area (Å²) in [5.41, 5.74) is 0. The molecule has 2 fully saturated rings. The molecular formula is C19H32F2. The number of unbranched alkanes of at least 4 members (excludes halogenated alkanes) is 1. The predicted molar refractivity (Wildman–Crippen MR) is 85.3 cm³/mol. The van der Waals surface area contributed by atoms with Crippen molar-refractivity contribution in [3.63, 3.8) is 0 Å². The molecule has 0 N–H and O–H groups in total. The van der Waals surface area contributed by atoms with E-state index >= 15 is 0 Å². The number of allylic oxidation sites excluding steroid dienone is 1. The third-order valence-corrected chi connectivity index (χ3v) is 6.02. The van der Waals surface area contributed by atoms with E-state index < -0.39 is 6.08 Å². The van der Waals surface area contributed by atoms with Crippen molar-refractivity contribution in [1.82, 2.24) is 0 Å². The van der Waals surface area contributed by atoms with Gasteiger partial charge in [0, 0.05) is 0 Å². The highest BCUT2D eigenvalue weighted by atomic mass is 19.3. The van der Waals surface area contributed by atoms with Crippen LogP contribution in [-0.2, 0) is 0 Å². The molecule has 122 valence electrons. The zero-order chi connectivity index (χ0) is 15.1. The monoisotopic (exact) mass is 298 g/mol. The Kier molecular flexibility index (Phi) is 7.19. The molecule has 2 aliphatic rings. The Morgan fingerprint density at radius 2 is 1.38 bits per heavy atom. The van der Waals surface area contributed by atoms with Crippen LogP contribution in [0.15, 0.2) is 12.2 Å². The molecule has 21 heavy (non-hydrogen) atoms. The SMILES string of the molecule is CCCC[C@H]1CC[C@H](C2CCC(CC=C(F)F)CC2)CC1. The summed E-state index contributed by atoms with van der Waals surface area (Å²) in [6.45, 7) is 2.29. The second-order valence-corrected chi connectivity index (χ2v) is 7.43. The molecule has 0 nitrogen and oxygen atoms in total. The number of halogens is 2. The lowest BCUT2D eigenvalue weighted by molar-refractivity contribution is 0.143. The molecule has 2 rings (SSSR count). The molecule has 0 radical (unpaired) electrons. The van der Waals surface area contributed by atoms with E-state index in [1.54, 1.807) is 0 Å². The van der Waals surface area contributed by atoms with E-state index in [0.717, 1.165) is 23.8 Å². The van der Waals surface area contributed by atoms with Crippen molar-refractivity contribution < 1.29 is 8.78 Å². The van der Waals surface area contributed by atoms with Crippen molar-refractivity contribution in [2.75, 3.05) is 0 Å². The Bertz CT molecular complexity index is 304. The first-order chi connectivity index (χ1) is 10.2. The Morgan fingerprint density at radius 1 is 0.857 bits per heavy atom. The molecule has 0 unspecified atom stereocenters. The van der Waals surface area contributed by atoms with E-state index in [1.165, 1.54) is 70.6 Å². The molecule has 0 bridgehead atoms. The van der Waals surface area contributed by atoms with Crippen molar-refractivity contribution in [1.29, 1.82) is 0 Å². The van der Waals surface area contributed by atoms with E-state index in [4.69, 9.17) is 0 Å². The van der Waals surface area contributed by atoms with Crippen LogP contribution in [0, 0.1) is 23.7 Å². The van der Waals surface area contributed by atoms with Gasteiger partial charge in [-0.05, 0) is 74.7 Å². The third kappa shape index (κ3) is 5.71. The minimum absolute atomic E-state index is 0.517. The summed E-state index contributed by atoms with van der Waals surface area (Å²) in [5, 5.41) is 0. The Morgan fingerprint density at radius 3 is 1.86 bits per heavy atom. The van der Waals surface area contributed by atoms with Crippen LogP contribution >= 0.6 is 0 Å². The predicted octanol–water partition coefficient (Wildman–Crippen LogP) is 6.96. The minimum atomic E-state index is -1.50. The zero-order valence-electron chi connectivity index (χ0n) is 13.6. The van der Waals surface area contributed by atoms with E-state index in [1.807, 2.05) is 0 Å². The third-order valence-electron chi connectivity index (χ3n) is 6.02. The standard InChI is InChI=1S/C19H32F2/c1-2-3-4-15-5-10-17(11-6-15)18-12-7-16(8-13-18)9-14-19(20)21/h14-18H,2-13H2,1H3/t15-,16?,17-,18?. The fourth-order valence-electron chi connectivity index (χ4n) is 4.59. The highest BCUT2D eigenvalue weighted by Gasteiger charge is 2.30. The maximum atomic E-state index is 12.1. The van der Waals surface area contributed by atoms with Gasteiger partial charge in [-0.2, -0.15) is 8.78 Å². The van der Waals surface area contributed by atoms with Crippen LogP contribution < -0.4 is 0 Å². The molecule has 2 aliphatic carbocycles. The van der Waals surface area contributed by atoms with Crippen molar-refractivity contribution in [3.05, 3.63) is 12.2 Å². The van der Waals surface area contributed by atoms with Gasteiger partial charge in [0.1, 0.15) is 0 Å². The molecule has 2 heteroatoms. The molecule has 2 saturated carbocycles. The molecule has 0 heterocycles. The summed E-state index contributed by atoms with van der Waals surface area (Å²) in [6.07, 6.45) is 15.1. The van der Waals surface area contributed by atoms with Gasteiger partial charge in [-0.3, -0.25) is 0 Å². The van der Waals surface area contributed by atoms with Crippen LogP contribution in [0.25, 0.3) is 0 Å². The van der Waals surface area contributed by atoms with E-state index in [0.29, 0.717) is 12.3 Å². The fourth-order valence-corrected chi connectivity index (χ4v) is 4.59. The summed E-state index contributed by atoms with van der Waals surface area (Å²) in [5.74, 6) is 3.35. The van der Waals surface area contributed by atoms with Crippen LogP contribution in [0.2, 0.25) is 0 Å². The number of hydrogen-bond acceptors (Lipinski definition) is 0. The van der Waals surface area contributed by atoms with Gasteiger partial charge in [-0.1, -0.05) is 39.0 Å². The normalized spacial score (nSPS) is 33.7. The molecule has 0 aromatic rings. The van der Waals surface area contributed by atoms with Crippen LogP contribution in [-0.4, -0.2) is 0 Å². The largest absolute Gasteiger partial charge is 0.266 e. The summed E-state index contributed by atoms with van der Waals surface area (Å²) in [7, 11) is 0. The lowest BCUT2D eigenvalue weighted by Gasteiger charge is -2.37. The fraction of sp³-hybridized carbons (Fsp3) is 0.895. The Balaban J connectivity index is 1.66. The second kappa shape index (κ2) is 8.90. The van der Waals surface area contributed by atoms with E-state index in [2.05, 4.69) is 6.92 Å². The minimum Gasteiger partial charge on any atom is -0.174 e. The first-order valence-electron chi connectivity index (χ1n) is 9.20. The number of rotatable bonds is 6. The highest BCUT2D eigenvalue weighted by molar-refractivity contribution is 4.87. The maximum Gasteiger partial charge on any atom is 0.266 e. The topological polar surface area (TPSA) is 0 Å². The molecule has 0 aromatic carbocycles.